The Kier molecular flexibility index (Phi) is 2.70. The van der Waals surface area contributed by atoms with Crippen molar-refractivity contribution in [1.82, 2.24) is 15.1 Å². The van der Waals surface area contributed by atoms with Crippen LogP contribution in [0.15, 0.2) is 6.20 Å². The van der Waals surface area contributed by atoms with Crippen molar-refractivity contribution in [2.45, 2.75) is 13.5 Å². The summed E-state index contributed by atoms with van der Waals surface area (Å²) in [5, 5.41) is 7.15. The Labute approximate surface area is 75.5 Å². The first-order chi connectivity index (χ1) is 5.61. The van der Waals surface area contributed by atoms with E-state index >= 15 is 0 Å². The van der Waals surface area contributed by atoms with E-state index in [1.807, 2.05) is 0 Å². The summed E-state index contributed by atoms with van der Waals surface area (Å²) in [5.74, 6) is -0.0766. The normalized spacial score (nSPS) is 9.92. The van der Waals surface area contributed by atoms with E-state index in [0.29, 0.717) is 11.6 Å². The lowest BCUT2D eigenvalue weighted by Gasteiger charge is -2.02. The Morgan fingerprint density at radius 2 is 2.50 bits per heavy atom. The maximum atomic E-state index is 10.6. The minimum atomic E-state index is -0.0766. The number of hydrogen-bond acceptors (Lipinski definition) is 2. The van der Waals surface area contributed by atoms with E-state index in [0.717, 1.165) is 5.69 Å². The summed E-state index contributed by atoms with van der Waals surface area (Å²) < 4.78 is 1.64. The first kappa shape index (κ1) is 9.06. The fourth-order valence-electron chi connectivity index (χ4n) is 0.843. The highest BCUT2D eigenvalue weighted by molar-refractivity contribution is 6.31. The number of amides is 1. The molecule has 0 bridgehead atoms. The lowest BCUT2D eigenvalue weighted by Crippen LogP contribution is -2.20. The van der Waals surface area contributed by atoms with E-state index in [-0.39, 0.29) is 5.91 Å². The van der Waals surface area contributed by atoms with Gasteiger partial charge in [-0.1, -0.05) is 11.6 Å². The van der Waals surface area contributed by atoms with Crippen LogP contribution in [0.5, 0.6) is 0 Å². The second-order valence-electron chi connectivity index (χ2n) is 2.47. The standard InChI is InChI=1S/C7H10ClN3O/c1-5(12)9-4-7-6(8)3-10-11(7)2/h3H,4H2,1-2H3,(H,9,12). The number of halogens is 1. The van der Waals surface area contributed by atoms with E-state index in [9.17, 15) is 4.79 Å². The summed E-state index contributed by atoms with van der Waals surface area (Å²) in [4.78, 5) is 10.6. The molecule has 1 rings (SSSR count). The number of carbonyl (C=O) groups excluding carboxylic acids is 1. The number of aromatic nitrogens is 2. The molecule has 1 heterocycles. The highest BCUT2D eigenvalue weighted by Gasteiger charge is 2.05. The van der Waals surface area contributed by atoms with Crippen LogP contribution >= 0.6 is 11.6 Å². The third kappa shape index (κ3) is 1.98. The molecule has 66 valence electrons. The van der Waals surface area contributed by atoms with Gasteiger partial charge in [-0.2, -0.15) is 5.10 Å². The summed E-state index contributed by atoms with van der Waals surface area (Å²) in [7, 11) is 1.78. The van der Waals surface area contributed by atoms with Crippen LogP contribution in [0.4, 0.5) is 0 Å². The monoisotopic (exact) mass is 187 g/mol. The maximum absolute atomic E-state index is 10.6. The van der Waals surface area contributed by atoms with Gasteiger partial charge in [0.1, 0.15) is 0 Å². The number of hydrogen-bond donors (Lipinski definition) is 1. The first-order valence-electron chi connectivity index (χ1n) is 3.52. The minimum Gasteiger partial charge on any atom is -0.351 e. The van der Waals surface area contributed by atoms with Crippen molar-refractivity contribution in [1.29, 1.82) is 0 Å². The number of aryl methyl sites for hydroxylation is 1. The highest BCUT2D eigenvalue weighted by Crippen LogP contribution is 2.12. The third-order valence-corrected chi connectivity index (χ3v) is 1.83. The van der Waals surface area contributed by atoms with E-state index in [1.54, 1.807) is 17.9 Å². The molecule has 0 aliphatic carbocycles. The molecule has 0 aromatic carbocycles. The van der Waals surface area contributed by atoms with Gasteiger partial charge in [-0.15, -0.1) is 0 Å². The molecule has 0 saturated carbocycles. The molecule has 12 heavy (non-hydrogen) atoms. The molecular weight excluding hydrogens is 178 g/mol. The Balaban J connectivity index is 2.68. The molecule has 5 heteroatoms. The third-order valence-electron chi connectivity index (χ3n) is 1.52. The van der Waals surface area contributed by atoms with Crippen molar-refractivity contribution in [2.75, 3.05) is 0 Å². The number of nitrogens with one attached hydrogen (secondary N) is 1. The van der Waals surface area contributed by atoms with Crippen molar-refractivity contribution < 1.29 is 4.79 Å². The summed E-state index contributed by atoms with van der Waals surface area (Å²) >= 11 is 5.79. The fourth-order valence-corrected chi connectivity index (χ4v) is 1.08. The predicted molar refractivity (Wildman–Crippen MR) is 45.7 cm³/mol. The molecule has 1 amide bonds. The Bertz CT molecular complexity index is 275. The Morgan fingerprint density at radius 3 is 2.92 bits per heavy atom. The van der Waals surface area contributed by atoms with Crippen molar-refractivity contribution in [3.05, 3.63) is 16.9 Å². The summed E-state index contributed by atoms with van der Waals surface area (Å²) in [6.07, 6.45) is 1.55. The first-order valence-corrected chi connectivity index (χ1v) is 3.90. The molecule has 0 aliphatic heterocycles. The van der Waals surface area contributed by atoms with Gasteiger partial charge in [0.2, 0.25) is 5.91 Å². The SMILES string of the molecule is CC(=O)NCc1c(Cl)cnn1C. The van der Waals surface area contributed by atoms with Crippen LogP contribution in [0.3, 0.4) is 0 Å². The zero-order chi connectivity index (χ0) is 9.14. The van der Waals surface area contributed by atoms with Crippen molar-refractivity contribution in [2.24, 2.45) is 7.05 Å². The molecule has 1 aromatic heterocycles. The second kappa shape index (κ2) is 3.58. The number of carbonyl (C=O) groups is 1. The molecule has 0 fully saturated rings. The van der Waals surface area contributed by atoms with Gasteiger partial charge in [-0.05, 0) is 0 Å². The molecule has 0 aliphatic rings. The van der Waals surface area contributed by atoms with Crippen LogP contribution in [-0.2, 0) is 18.4 Å². The maximum Gasteiger partial charge on any atom is 0.217 e. The van der Waals surface area contributed by atoms with E-state index in [2.05, 4.69) is 10.4 Å². The van der Waals surface area contributed by atoms with Crippen LogP contribution in [0.2, 0.25) is 5.02 Å². The second-order valence-corrected chi connectivity index (χ2v) is 2.88. The van der Waals surface area contributed by atoms with Crippen LogP contribution in [0, 0.1) is 0 Å². The van der Waals surface area contributed by atoms with Gasteiger partial charge in [0.25, 0.3) is 0 Å². The Morgan fingerprint density at radius 1 is 1.83 bits per heavy atom. The van der Waals surface area contributed by atoms with Crippen LogP contribution < -0.4 is 5.32 Å². The lowest BCUT2D eigenvalue weighted by molar-refractivity contribution is -0.119. The van der Waals surface area contributed by atoms with Gasteiger partial charge in [0.05, 0.1) is 23.5 Å². The molecule has 0 atom stereocenters. The van der Waals surface area contributed by atoms with Gasteiger partial charge in [-0.25, -0.2) is 0 Å². The predicted octanol–water partition coefficient (Wildman–Crippen LogP) is 0.710. The van der Waals surface area contributed by atoms with E-state index in [4.69, 9.17) is 11.6 Å². The van der Waals surface area contributed by atoms with Crippen molar-refractivity contribution in [3.63, 3.8) is 0 Å². The topological polar surface area (TPSA) is 46.9 Å². The molecule has 0 radical (unpaired) electrons. The van der Waals surface area contributed by atoms with E-state index in [1.165, 1.54) is 6.92 Å². The lowest BCUT2D eigenvalue weighted by atomic mass is 10.4. The van der Waals surface area contributed by atoms with Gasteiger partial charge >= 0.3 is 0 Å². The minimum absolute atomic E-state index is 0.0766. The zero-order valence-corrected chi connectivity index (χ0v) is 7.72. The average molecular weight is 188 g/mol. The number of nitrogens with zero attached hydrogens (tertiary/aromatic N) is 2. The Hall–Kier alpha value is -1.03. The van der Waals surface area contributed by atoms with Gasteiger partial charge in [0.15, 0.2) is 0 Å². The average Bonchev–Trinajstić information content (AvgIpc) is 2.28. The molecule has 0 spiro atoms. The van der Waals surface area contributed by atoms with Crippen LogP contribution in [-0.4, -0.2) is 15.7 Å². The van der Waals surface area contributed by atoms with Crippen LogP contribution in [0.1, 0.15) is 12.6 Å². The van der Waals surface area contributed by atoms with Crippen molar-refractivity contribution >= 4 is 17.5 Å². The summed E-state index contributed by atoms with van der Waals surface area (Å²) in [6.45, 7) is 1.88. The van der Waals surface area contributed by atoms with Gasteiger partial charge in [-0.3, -0.25) is 9.48 Å². The van der Waals surface area contributed by atoms with Crippen LogP contribution in [0.25, 0.3) is 0 Å². The zero-order valence-electron chi connectivity index (χ0n) is 6.97. The molecule has 1 N–H and O–H groups in total. The van der Waals surface area contributed by atoms with Crippen molar-refractivity contribution in [3.8, 4) is 0 Å². The smallest absolute Gasteiger partial charge is 0.217 e. The quantitative estimate of drug-likeness (QED) is 0.742. The van der Waals surface area contributed by atoms with Gasteiger partial charge in [0, 0.05) is 14.0 Å². The molecule has 1 aromatic rings. The van der Waals surface area contributed by atoms with E-state index < -0.39 is 0 Å². The molecule has 4 nitrogen and oxygen atoms in total. The number of rotatable bonds is 2. The fraction of sp³-hybridized carbons (Fsp3) is 0.429. The van der Waals surface area contributed by atoms with Gasteiger partial charge < -0.3 is 5.32 Å². The molecule has 0 saturated heterocycles. The summed E-state index contributed by atoms with van der Waals surface area (Å²) in [5.41, 5.74) is 0.812. The largest absolute Gasteiger partial charge is 0.351 e. The summed E-state index contributed by atoms with van der Waals surface area (Å²) in [6, 6.07) is 0. The molecule has 0 unspecified atom stereocenters. The highest BCUT2D eigenvalue weighted by atomic mass is 35.5. The molecular formula is C7H10ClN3O.